The van der Waals surface area contributed by atoms with Crippen molar-refractivity contribution < 1.29 is 0 Å². The van der Waals surface area contributed by atoms with Crippen LogP contribution in [-0.4, -0.2) is 46.4 Å². The molecule has 1 N–H and O–H groups in total. The summed E-state index contributed by atoms with van der Waals surface area (Å²) in [6, 6.07) is 0. The molecule has 0 amide bonds. The average molecular weight is 333 g/mol. The maximum atomic E-state index is 4.43. The van der Waals surface area contributed by atoms with Gasteiger partial charge in [0.25, 0.3) is 0 Å². The van der Waals surface area contributed by atoms with Crippen LogP contribution < -0.4 is 10.2 Å². The largest absolute Gasteiger partial charge is 0.359 e. The molecule has 0 atom stereocenters. The molecule has 0 spiro atoms. The summed E-state index contributed by atoms with van der Waals surface area (Å²) in [4.78, 5) is 11.0. The molecule has 2 aromatic heterocycles. The van der Waals surface area contributed by atoms with Gasteiger partial charge in [0.2, 0.25) is 0 Å². The van der Waals surface area contributed by atoms with Crippen LogP contribution in [-0.2, 0) is 7.05 Å². The molecule has 8 heteroatoms. The number of piperidine rings is 1. The Morgan fingerprint density at radius 1 is 1.29 bits per heavy atom. The van der Waals surface area contributed by atoms with Crippen LogP contribution in [0.2, 0.25) is 0 Å². The monoisotopic (exact) mass is 332 g/mol. The number of anilines is 1. The molecule has 1 aliphatic heterocycles. The van der Waals surface area contributed by atoms with Gasteiger partial charge in [-0.25, -0.2) is 9.97 Å². The Hall–Kier alpha value is -1.11. The van der Waals surface area contributed by atoms with Gasteiger partial charge in [0.15, 0.2) is 5.65 Å². The van der Waals surface area contributed by atoms with Crippen LogP contribution in [0.1, 0.15) is 12.8 Å². The fourth-order valence-electron chi connectivity index (χ4n) is 2.79. The molecule has 21 heavy (non-hydrogen) atoms. The first-order chi connectivity index (χ1) is 9.25. The maximum absolute atomic E-state index is 4.43. The van der Waals surface area contributed by atoms with Crippen molar-refractivity contribution in [1.29, 1.82) is 0 Å². The van der Waals surface area contributed by atoms with Crippen molar-refractivity contribution in [3.8, 4) is 0 Å². The third-order valence-corrected chi connectivity index (χ3v) is 3.86. The number of fused-ring (bicyclic) bond motifs is 1. The molecule has 1 saturated heterocycles. The molecule has 6 nitrogen and oxygen atoms in total. The average Bonchev–Trinajstić information content (AvgIpc) is 2.82. The van der Waals surface area contributed by atoms with E-state index in [4.69, 9.17) is 0 Å². The van der Waals surface area contributed by atoms with E-state index in [0.29, 0.717) is 0 Å². The molecule has 1 fully saturated rings. The Balaban J connectivity index is 0.00000110. The molecule has 1 aliphatic rings. The number of aromatic nitrogens is 4. The van der Waals surface area contributed by atoms with Gasteiger partial charge in [-0.2, -0.15) is 5.10 Å². The lowest BCUT2D eigenvalue weighted by Crippen LogP contribution is -2.34. The van der Waals surface area contributed by atoms with Crippen LogP contribution in [0.15, 0.2) is 12.5 Å². The zero-order valence-corrected chi connectivity index (χ0v) is 14.0. The van der Waals surface area contributed by atoms with Gasteiger partial charge in [0.05, 0.1) is 11.6 Å². The minimum absolute atomic E-state index is 0. The molecule has 0 unspecified atom stereocenters. The molecular weight excluding hydrogens is 311 g/mol. The summed E-state index contributed by atoms with van der Waals surface area (Å²) >= 11 is 0. The highest BCUT2D eigenvalue weighted by atomic mass is 35.5. The third-order valence-electron chi connectivity index (χ3n) is 3.86. The quantitative estimate of drug-likeness (QED) is 0.925. The van der Waals surface area contributed by atoms with Gasteiger partial charge in [0.1, 0.15) is 12.1 Å². The lowest BCUT2D eigenvalue weighted by atomic mass is 9.98. The number of rotatable bonds is 3. The second-order valence-electron chi connectivity index (χ2n) is 5.28. The minimum Gasteiger partial charge on any atom is -0.359 e. The van der Waals surface area contributed by atoms with E-state index in [1.54, 1.807) is 11.0 Å². The van der Waals surface area contributed by atoms with Crippen LogP contribution in [0, 0.1) is 5.92 Å². The number of hydrogen-bond donors (Lipinski definition) is 1. The van der Waals surface area contributed by atoms with E-state index >= 15 is 0 Å². The van der Waals surface area contributed by atoms with E-state index in [1.165, 1.54) is 12.8 Å². The standard InChI is InChI=1S/C13H20N6.2ClH/c1-18(8-10-3-5-14-6-4-10)12-11-7-17-19(2)13(11)16-9-15-12;;/h7,9-10,14H,3-6,8H2,1-2H3;2*1H. The summed E-state index contributed by atoms with van der Waals surface area (Å²) < 4.78 is 1.79. The van der Waals surface area contributed by atoms with Crippen molar-refractivity contribution in [2.75, 3.05) is 31.6 Å². The molecule has 0 aromatic carbocycles. The van der Waals surface area contributed by atoms with E-state index in [2.05, 4.69) is 32.3 Å². The van der Waals surface area contributed by atoms with Gasteiger partial charge < -0.3 is 10.2 Å². The van der Waals surface area contributed by atoms with Crippen LogP contribution in [0.25, 0.3) is 11.0 Å². The van der Waals surface area contributed by atoms with Crippen molar-refractivity contribution in [2.24, 2.45) is 13.0 Å². The van der Waals surface area contributed by atoms with Gasteiger partial charge in [-0.05, 0) is 31.8 Å². The molecule has 118 valence electrons. The first-order valence-electron chi connectivity index (χ1n) is 6.80. The van der Waals surface area contributed by atoms with E-state index in [1.807, 2.05) is 13.2 Å². The minimum atomic E-state index is 0. The van der Waals surface area contributed by atoms with Crippen molar-refractivity contribution in [3.63, 3.8) is 0 Å². The fourth-order valence-corrected chi connectivity index (χ4v) is 2.79. The predicted octanol–water partition coefficient (Wildman–Crippen LogP) is 1.64. The van der Waals surface area contributed by atoms with Gasteiger partial charge >= 0.3 is 0 Å². The van der Waals surface area contributed by atoms with Gasteiger partial charge in [-0.15, -0.1) is 24.8 Å². The van der Waals surface area contributed by atoms with Gasteiger partial charge in [-0.1, -0.05) is 0 Å². The van der Waals surface area contributed by atoms with E-state index < -0.39 is 0 Å². The lowest BCUT2D eigenvalue weighted by molar-refractivity contribution is 0.377. The first kappa shape index (κ1) is 17.9. The summed E-state index contributed by atoms with van der Waals surface area (Å²) in [5.41, 5.74) is 0.891. The van der Waals surface area contributed by atoms with Crippen molar-refractivity contribution in [2.45, 2.75) is 12.8 Å². The fraction of sp³-hybridized carbons (Fsp3) is 0.615. The number of halogens is 2. The van der Waals surface area contributed by atoms with Crippen LogP contribution in [0.3, 0.4) is 0 Å². The van der Waals surface area contributed by atoms with Gasteiger partial charge in [-0.3, -0.25) is 4.68 Å². The number of hydrogen-bond acceptors (Lipinski definition) is 5. The van der Waals surface area contributed by atoms with Crippen molar-refractivity contribution in [1.82, 2.24) is 25.1 Å². The highest BCUT2D eigenvalue weighted by molar-refractivity contribution is 5.86. The SMILES string of the molecule is CN(CC1CCNCC1)c1ncnc2c1cnn2C.Cl.Cl. The Bertz CT molecular complexity index is 567. The van der Waals surface area contributed by atoms with Gasteiger partial charge in [0, 0.05) is 20.6 Å². The third kappa shape index (κ3) is 3.75. The van der Waals surface area contributed by atoms with Crippen LogP contribution in [0.4, 0.5) is 5.82 Å². The van der Waals surface area contributed by atoms with E-state index in [9.17, 15) is 0 Å². The maximum Gasteiger partial charge on any atom is 0.163 e. The summed E-state index contributed by atoms with van der Waals surface area (Å²) in [6.07, 6.45) is 5.96. The van der Waals surface area contributed by atoms with Crippen LogP contribution >= 0.6 is 24.8 Å². The summed E-state index contributed by atoms with van der Waals surface area (Å²) in [7, 11) is 4.02. The smallest absolute Gasteiger partial charge is 0.163 e. The van der Waals surface area contributed by atoms with Crippen LogP contribution in [0.5, 0.6) is 0 Å². The predicted molar refractivity (Wildman–Crippen MR) is 89.7 cm³/mol. The number of aryl methyl sites for hydroxylation is 1. The lowest BCUT2D eigenvalue weighted by Gasteiger charge is -2.28. The first-order valence-corrected chi connectivity index (χ1v) is 6.80. The molecule has 0 aliphatic carbocycles. The Kier molecular flexibility index (Phi) is 6.64. The molecule has 2 aromatic rings. The highest BCUT2D eigenvalue weighted by Crippen LogP contribution is 2.23. The molecule has 0 saturated carbocycles. The Labute approximate surface area is 137 Å². The molecule has 0 bridgehead atoms. The van der Waals surface area contributed by atoms with E-state index in [-0.39, 0.29) is 24.8 Å². The van der Waals surface area contributed by atoms with Crippen molar-refractivity contribution >= 4 is 41.7 Å². The Morgan fingerprint density at radius 2 is 2.00 bits per heavy atom. The highest BCUT2D eigenvalue weighted by Gasteiger charge is 2.18. The second-order valence-corrected chi connectivity index (χ2v) is 5.28. The molecule has 3 rings (SSSR count). The zero-order chi connectivity index (χ0) is 13.2. The zero-order valence-electron chi connectivity index (χ0n) is 12.3. The Morgan fingerprint density at radius 3 is 2.71 bits per heavy atom. The topological polar surface area (TPSA) is 58.9 Å². The summed E-state index contributed by atoms with van der Waals surface area (Å²) in [6.45, 7) is 3.30. The number of nitrogens with zero attached hydrogens (tertiary/aromatic N) is 5. The normalized spacial score (nSPS) is 15.3. The molecule has 3 heterocycles. The molecule has 0 radical (unpaired) electrons. The molecular formula is C13H22Cl2N6. The second kappa shape index (κ2) is 7.77. The summed E-state index contributed by atoms with van der Waals surface area (Å²) in [5, 5.41) is 8.70. The van der Waals surface area contributed by atoms with E-state index in [0.717, 1.165) is 42.4 Å². The number of nitrogens with one attached hydrogen (secondary N) is 1. The summed E-state index contributed by atoms with van der Waals surface area (Å²) in [5.74, 6) is 1.73. The van der Waals surface area contributed by atoms with Crippen molar-refractivity contribution in [3.05, 3.63) is 12.5 Å².